The smallest absolute Gasteiger partial charge is 0.0837 e. The van der Waals surface area contributed by atoms with Gasteiger partial charge in [0, 0.05) is 11.6 Å². The largest absolute Gasteiger partial charge is 0.319 e. The predicted molar refractivity (Wildman–Crippen MR) is 75.1 cm³/mol. The molecule has 0 fully saturated rings. The molecule has 0 aliphatic rings. The summed E-state index contributed by atoms with van der Waals surface area (Å²) in [6, 6.07) is 5.45. The summed E-state index contributed by atoms with van der Waals surface area (Å²) in [6.45, 7) is 4.72. The highest BCUT2D eigenvalue weighted by molar-refractivity contribution is 6.31. The number of aryl methyl sites for hydroxylation is 2. The third-order valence-corrected chi connectivity index (χ3v) is 3.36. The molecule has 0 spiro atoms. The van der Waals surface area contributed by atoms with Gasteiger partial charge in [-0.3, -0.25) is 4.68 Å². The Kier molecular flexibility index (Phi) is 3.95. The summed E-state index contributed by atoms with van der Waals surface area (Å²) in [5.41, 5.74) is 9.11. The minimum Gasteiger partial charge on any atom is -0.319 e. The van der Waals surface area contributed by atoms with Crippen molar-refractivity contribution in [3.8, 4) is 0 Å². The lowest BCUT2D eigenvalue weighted by atomic mass is 10.0. The van der Waals surface area contributed by atoms with Gasteiger partial charge in [0.1, 0.15) is 0 Å². The Balaban J connectivity index is 2.47. The molecule has 2 N–H and O–H groups in total. The van der Waals surface area contributed by atoms with Gasteiger partial charge >= 0.3 is 0 Å². The Morgan fingerprint density at radius 2 is 2.06 bits per heavy atom. The molecule has 0 saturated carbocycles. The fourth-order valence-corrected chi connectivity index (χ4v) is 2.59. The molecule has 0 amide bonds. The van der Waals surface area contributed by atoms with E-state index in [9.17, 15) is 0 Å². The van der Waals surface area contributed by atoms with Gasteiger partial charge in [-0.2, -0.15) is 5.10 Å². The Bertz CT molecular complexity index is 543. The molecule has 2 rings (SSSR count). The summed E-state index contributed by atoms with van der Waals surface area (Å²) in [5, 5.41) is 5.46. The maximum absolute atomic E-state index is 6.27. The van der Waals surface area contributed by atoms with Crippen LogP contribution in [0, 0.1) is 6.92 Å². The molecule has 1 atom stereocenters. The lowest BCUT2D eigenvalue weighted by Crippen LogP contribution is -2.17. The molecule has 0 aliphatic carbocycles. The van der Waals surface area contributed by atoms with Gasteiger partial charge in [0.15, 0.2) is 0 Å². The summed E-state index contributed by atoms with van der Waals surface area (Å²) < 4.78 is 1.81. The average Bonchev–Trinajstić information content (AvgIpc) is 2.68. The monoisotopic (exact) mass is 283 g/mol. The predicted octanol–water partition coefficient (Wildman–Crippen LogP) is 3.57. The topological polar surface area (TPSA) is 43.8 Å². The van der Waals surface area contributed by atoms with Crippen LogP contribution in [0.2, 0.25) is 10.0 Å². The van der Waals surface area contributed by atoms with Crippen molar-refractivity contribution >= 4 is 23.2 Å². The summed E-state index contributed by atoms with van der Waals surface area (Å²) in [7, 11) is 0. The molecule has 1 aromatic carbocycles. The van der Waals surface area contributed by atoms with Crippen molar-refractivity contribution in [2.24, 2.45) is 5.73 Å². The molecule has 0 bridgehead atoms. The second kappa shape index (κ2) is 5.31. The fourth-order valence-electron chi connectivity index (χ4n) is 2.04. The second-order valence-corrected chi connectivity index (χ2v) is 5.08. The van der Waals surface area contributed by atoms with Crippen LogP contribution in [0.25, 0.3) is 0 Å². The highest BCUT2D eigenvalue weighted by Crippen LogP contribution is 2.28. The van der Waals surface area contributed by atoms with Gasteiger partial charge in [-0.25, -0.2) is 0 Å². The lowest BCUT2D eigenvalue weighted by Gasteiger charge is -2.15. The van der Waals surface area contributed by atoms with Crippen molar-refractivity contribution < 1.29 is 0 Å². The maximum Gasteiger partial charge on any atom is 0.0837 e. The first-order chi connectivity index (χ1) is 8.52. The third-order valence-electron chi connectivity index (χ3n) is 2.85. The Morgan fingerprint density at radius 1 is 1.33 bits per heavy atom. The Morgan fingerprint density at radius 3 is 2.67 bits per heavy atom. The number of rotatable bonds is 3. The van der Waals surface area contributed by atoms with Crippen LogP contribution in [-0.4, -0.2) is 9.78 Å². The van der Waals surface area contributed by atoms with E-state index in [2.05, 4.69) is 5.10 Å². The van der Waals surface area contributed by atoms with E-state index in [0.717, 1.165) is 23.4 Å². The van der Waals surface area contributed by atoms with Crippen LogP contribution >= 0.6 is 23.2 Å². The minimum atomic E-state index is -0.322. The van der Waals surface area contributed by atoms with Crippen LogP contribution in [-0.2, 0) is 6.54 Å². The molecule has 5 heteroatoms. The zero-order chi connectivity index (χ0) is 13.3. The van der Waals surface area contributed by atoms with Crippen molar-refractivity contribution in [3.63, 3.8) is 0 Å². The lowest BCUT2D eigenvalue weighted by molar-refractivity contribution is 0.601. The van der Waals surface area contributed by atoms with Gasteiger partial charge in [0.05, 0.1) is 23.0 Å². The number of aromatic nitrogens is 2. The zero-order valence-corrected chi connectivity index (χ0v) is 11.8. The van der Waals surface area contributed by atoms with Gasteiger partial charge in [-0.1, -0.05) is 29.3 Å². The molecular weight excluding hydrogens is 269 g/mol. The van der Waals surface area contributed by atoms with E-state index >= 15 is 0 Å². The number of nitrogens with two attached hydrogens (primary N) is 1. The Labute approximate surface area is 117 Å². The molecule has 1 heterocycles. The van der Waals surface area contributed by atoms with Crippen LogP contribution in [0.4, 0.5) is 0 Å². The average molecular weight is 284 g/mol. The van der Waals surface area contributed by atoms with Gasteiger partial charge in [-0.15, -0.1) is 0 Å². The van der Waals surface area contributed by atoms with Crippen molar-refractivity contribution in [1.82, 2.24) is 9.78 Å². The Hall–Kier alpha value is -1.03. The molecule has 96 valence electrons. The van der Waals surface area contributed by atoms with E-state index in [1.807, 2.05) is 36.7 Å². The zero-order valence-electron chi connectivity index (χ0n) is 10.3. The molecule has 3 nitrogen and oxygen atoms in total. The molecule has 0 aliphatic heterocycles. The standard InChI is InChI=1S/C13H15Cl2N3/c1-3-18-13(11(15)7-17-18)12(16)9-4-8(2)5-10(14)6-9/h4-7,12H,3,16H2,1-2H3. The molecule has 1 aromatic heterocycles. The summed E-state index contributed by atoms with van der Waals surface area (Å²) in [5.74, 6) is 0. The van der Waals surface area contributed by atoms with Crippen molar-refractivity contribution in [1.29, 1.82) is 0 Å². The van der Waals surface area contributed by atoms with Crippen molar-refractivity contribution in [2.45, 2.75) is 26.4 Å². The molecule has 18 heavy (non-hydrogen) atoms. The first-order valence-electron chi connectivity index (χ1n) is 5.76. The van der Waals surface area contributed by atoms with E-state index in [1.165, 1.54) is 0 Å². The summed E-state index contributed by atoms with van der Waals surface area (Å²) in [6.07, 6.45) is 1.62. The van der Waals surface area contributed by atoms with Crippen molar-refractivity contribution in [3.05, 3.63) is 51.3 Å². The van der Waals surface area contributed by atoms with E-state index in [0.29, 0.717) is 10.0 Å². The van der Waals surface area contributed by atoms with Crippen LogP contribution in [0.1, 0.15) is 29.8 Å². The third kappa shape index (κ3) is 2.53. The number of benzene rings is 1. The van der Waals surface area contributed by atoms with Crippen molar-refractivity contribution in [2.75, 3.05) is 0 Å². The van der Waals surface area contributed by atoms with E-state index in [1.54, 1.807) is 6.20 Å². The maximum atomic E-state index is 6.27. The van der Waals surface area contributed by atoms with Crippen LogP contribution in [0.15, 0.2) is 24.4 Å². The molecular formula is C13H15Cl2N3. The van der Waals surface area contributed by atoms with Crippen LogP contribution < -0.4 is 5.73 Å². The first-order valence-corrected chi connectivity index (χ1v) is 6.52. The number of hydrogen-bond donors (Lipinski definition) is 1. The molecule has 0 radical (unpaired) electrons. The van der Waals surface area contributed by atoms with Crippen LogP contribution in [0.5, 0.6) is 0 Å². The van der Waals surface area contributed by atoms with Crippen LogP contribution in [0.3, 0.4) is 0 Å². The highest BCUT2D eigenvalue weighted by Gasteiger charge is 2.18. The van der Waals surface area contributed by atoms with E-state index in [-0.39, 0.29) is 6.04 Å². The van der Waals surface area contributed by atoms with E-state index in [4.69, 9.17) is 28.9 Å². The fraction of sp³-hybridized carbons (Fsp3) is 0.308. The second-order valence-electron chi connectivity index (χ2n) is 4.23. The first kappa shape index (κ1) is 13.4. The normalized spacial score (nSPS) is 12.7. The summed E-state index contributed by atoms with van der Waals surface area (Å²) in [4.78, 5) is 0. The van der Waals surface area contributed by atoms with Gasteiger partial charge < -0.3 is 5.73 Å². The number of hydrogen-bond acceptors (Lipinski definition) is 2. The van der Waals surface area contributed by atoms with Gasteiger partial charge in [-0.05, 0) is 37.1 Å². The number of nitrogens with zero attached hydrogens (tertiary/aromatic N) is 2. The summed E-state index contributed by atoms with van der Waals surface area (Å²) >= 11 is 12.2. The van der Waals surface area contributed by atoms with E-state index < -0.39 is 0 Å². The molecule has 2 aromatic rings. The van der Waals surface area contributed by atoms with Gasteiger partial charge in [0.2, 0.25) is 0 Å². The molecule has 1 unspecified atom stereocenters. The number of halogens is 2. The minimum absolute atomic E-state index is 0.322. The quantitative estimate of drug-likeness (QED) is 0.936. The SMILES string of the molecule is CCn1ncc(Cl)c1C(N)c1cc(C)cc(Cl)c1. The van der Waals surface area contributed by atoms with Gasteiger partial charge in [0.25, 0.3) is 0 Å². The molecule has 0 saturated heterocycles. The highest BCUT2D eigenvalue weighted by atomic mass is 35.5.